The second kappa shape index (κ2) is 4.79. The Kier molecular flexibility index (Phi) is 3.68. The van der Waals surface area contributed by atoms with E-state index in [1.807, 2.05) is 0 Å². The third-order valence-corrected chi connectivity index (χ3v) is 2.53. The van der Waals surface area contributed by atoms with Crippen LogP contribution in [0.3, 0.4) is 0 Å². The van der Waals surface area contributed by atoms with Gasteiger partial charge in [0.1, 0.15) is 0 Å². The Morgan fingerprint density at radius 2 is 2.00 bits per heavy atom. The molecule has 0 heterocycles. The number of carboxylic acids is 2. The zero-order valence-electron chi connectivity index (χ0n) is 7.90. The van der Waals surface area contributed by atoms with Gasteiger partial charge in [0.05, 0.1) is 5.92 Å². The molecule has 0 aromatic carbocycles. The minimum absolute atomic E-state index is 0.304. The Morgan fingerprint density at radius 1 is 1.29 bits per heavy atom. The Morgan fingerprint density at radius 3 is 2.57 bits per heavy atom. The van der Waals surface area contributed by atoms with Crippen LogP contribution in [-0.4, -0.2) is 22.2 Å². The van der Waals surface area contributed by atoms with E-state index in [1.54, 1.807) is 6.08 Å². The van der Waals surface area contributed by atoms with Crippen molar-refractivity contribution >= 4 is 11.9 Å². The maximum absolute atomic E-state index is 10.7. The number of hydrogen-bond acceptors (Lipinski definition) is 2. The number of rotatable bonds is 2. The Balaban J connectivity index is 2.58. The van der Waals surface area contributed by atoms with Crippen molar-refractivity contribution in [1.82, 2.24) is 0 Å². The molecule has 1 atom stereocenters. The van der Waals surface area contributed by atoms with E-state index in [0.717, 1.165) is 0 Å². The Hall–Kier alpha value is -1.32. The zero-order valence-corrected chi connectivity index (χ0v) is 7.90. The lowest BCUT2D eigenvalue weighted by molar-refractivity contribution is -0.142. The highest BCUT2D eigenvalue weighted by Gasteiger charge is 2.19. The monoisotopic (exact) mass is 198 g/mol. The van der Waals surface area contributed by atoms with Crippen LogP contribution in [0.2, 0.25) is 0 Å². The van der Waals surface area contributed by atoms with Crippen LogP contribution in [-0.2, 0) is 9.59 Å². The number of carboxylic acid groups (broad SMARTS) is 2. The molecule has 0 fully saturated rings. The average molecular weight is 198 g/mol. The van der Waals surface area contributed by atoms with Gasteiger partial charge in [-0.05, 0) is 32.1 Å². The fourth-order valence-electron chi connectivity index (χ4n) is 1.69. The third-order valence-electron chi connectivity index (χ3n) is 2.53. The van der Waals surface area contributed by atoms with E-state index in [0.29, 0.717) is 37.7 Å². The first-order valence-corrected chi connectivity index (χ1v) is 4.76. The van der Waals surface area contributed by atoms with Gasteiger partial charge in [-0.3, -0.25) is 4.79 Å². The van der Waals surface area contributed by atoms with Crippen molar-refractivity contribution in [2.24, 2.45) is 5.92 Å². The summed E-state index contributed by atoms with van der Waals surface area (Å²) in [7, 11) is 0. The predicted molar refractivity (Wildman–Crippen MR) is 49.9 cm³/mol. The molecule has 2 N–H and O–H groups in total. The zero-order chi connectivity index (χ0) is 10.6. The molecule has 14 heavy (non-hydrogen) atoms. The van der Waals surface area contributed by atoms with E-state index >= 15 is 0 Å². The van der Waals surface area contributed by atoms with Crippen molar-refractivity contribution in [3.8, 4) is 0 Å². The number of allylic oxidation sites excluding steroid dienone is 1. The van der Waals surface area contributed by atoms with Gasteiger partial charge in [0.2, 0.25) is 0 Å². The van der Waals surface area contributed by atoms with Gasteiger partial charge in [-0.2, -0.15) is 0 Å². The van der Waals surface area contributed by atoms with E-state index in [4.69, 9.17) is 10.2 Å². The molecule has 0 aromatic rings. The maximum Gasteiger partial charge on any atom is 0.331 e. The molecule has 0 bridgehead atoms. The molecule has 0 radical (unpaired) electrons. The van der Waals surface area contributed by atoms with Gasteiger partial charge in [0, 0.05) is 5.57 Å². The molecular formula is C10H14O4. The van der Waals surface area contributed by atoms with Gasteiger partial charge in [0.25, 0.3) is 0 Å². The van der Waals surface area contributed by atoms with Crippen LogP contribution < -0.4 is 0 Å². The minimum Gasteiger partial charge on any atom is -0.481 e. The smallest absolute Gasteiger partial charge is 0.331 e. The number of carbonyl (C=O) groups is 2. The molecule has 0 saturated heterocycles. The molecule has 1 rings (SSSR count). The summed E-state index contributed by atoms with van der Waals surface area (Å²) in [5.74, 6) is -1.95. The first-order chi connectivity index (χ1) is 6.61. The fourth-order valence-corrected chi connectivity index (χ4v) is 1.69. The van der Waals surface area contributed by atoms with Crippen LogP contribution in [0.15, 0.2) is 11.6 Å². The summed E-state index contributed by atoms with van der Waals surface area (Å²) in [4.78, 5) is 21.3. The molecule has 1 aliphatic carbocycles. The molecule has 4 heteroatoms. The minimum atomic E-state index is -0.876. The van der Waals surface area contributed by atoms with E-state index in [2.05, 4.69) is 0 Å². The Labute approximate surface area is 82.2 Å². The molecule has 0 aliphatic heterocycles. The summed E-state index contributed by atoms with van der Waals surface area (Å²) in [6.45, 7) is 0. The highest BCUT2D eigenvalue weighted by Crippen LogP contribution is 2.22. The van der Waals surface area contributed by atoms with Gasteiger partial charge < -0.3 is 10.2 Å². The first-order valence-electron chi connectivity index (χ1n) is 4.76. The molecule has 4 nitrogen and oxygen atoms in total. The first kappa shape index (κ1) is 10.8. The fraction of sp³-hybridized carbons (Fsp3) is 0.600. The van der Waals surface area contributed by atoms with Crippen LogP contribution in [0, 0.1) is 5.92 Å². The topological polar surface area (TPSA) is 74.6 Å². The predicted octanol–water partition coefficient (Wildman–Crippen LogP) is 1.66. The second-order valence-corrected chi connectivity index (χ2v) is 3.54. The molecule has 78 valence electrons. The molecule has 0 spiro atoms. The Bertz CT molecular complexity index is 267. The molecule has 0 unspecified atom stereocenters. The lowest BCUT2D eigenvalue weighted by Gasteiger charge is -2.14. The lowest BCUT2D eigenvalue weighted by atomic mass is 9.91. The lowest BCUT2D eigenvalue weighted by Crippen LogP contribution is -2.15. The second-order valence-electron chi connectivity index (χ2n) is 3.54. The van der Waals surface area contributed by atoms with Gasteiger partial charge >= 0.3 is 11.9 Å². The summed E-state index contributed by atoms with van der Waals surface area (Å²) < 4.78 is 0. The third kappa shape index (κ3) is 2.87. The average Bonchev–Trinajstić information content (AvgIpc) is 2.01. The van der Waals surface area contributed by atoms with E-state index in [1.165, 1.54) is 0 Å². The largest absolute Gasteiger partial charge is 0.481 e. The van der Waals surface area contributed by atoms with Crippen molar-refractivity contribution in [2.75, 3.05) is 0 Å². The van der Waals surface area contributed by atoms with Gasteiger partial charge in [-0.25, -0.2) is 4.79 Å². The highest BCUT2D eigenvalue weighted by molar-refractivity contribution is 5.86. The van der Waals surface area contributed by atoms with E-state index in [-0.39, 0.29) is 5.92 Å². The summed E-state index contributed by atoms with van der Waals surface area (Å²) in [6.07, 6.45) is 4.47. The normalized spacial score (nSPS) is 23.1. The standard InChI is InChI=1S/C10H14O4/c11-9(12)7-3-1-4-8(10(13)14)6-2-5-7/h3,8H,1-2,4-6H2,(H,11,12)(H,13,14)/t8-/m0/s1. The number of aliphatic carboxylic acids is 2. The quantitative estimate of drug-likeness (QED) is 0.707. The summed E-state index contributed by atoms with van der Waals surface area (Å²) in [6, 6.07) is 0. The number of hydrogen-bond donors (Lipinski definition) is 2. The maximum atomic E-state index is 10.7. The van der Waals surface area contributed by atoms with Crippen LogP contribution in [0.4, 0.5) is 0 Å². The van der Waals surface area contributed by atoms with Gasteiger partial charge in [-0.1, -0.05) is 6.08 Å². The van der Waals surface area contributed by atoms with Crippen molar-refractivity contribution in [3.63, 3.8) is 0 Å². The van der Waals surface area contributed by atoms with Crippen LogP contribution >= 0.6 is 0 Å². The molecule has 0 amide bonds. The van der Waals surface area contributed by atoms with Crippen molar-refractivity contribution < 1.29 is 19.8 Å². The SMILES string of the molecule is O=C(O)C1=CCC[C@H](C(=O)O)CCC1. The molecule has 0 saturated carbocycles. The molecular weight excluding hydrogens is 184 g/mol. The van der Waals surface area contributed by atoms with Crippen LogP contribution in [0.1, 0.15) is 32.1 Å². The summed E-state index contributed by atoms with van der Waals surface area (Å²) in [5.41, 5.74) is 0.425. The van der Waals surface area contributed by atoms with E-state index < -0.39 is 11.9 Å². The van der Waals surface area contributed by atoms with Crippen LogP contribution in [0.25, 0.3) is 0 Å². The summed E-state index contributed by atoms with van der Waals surface area (Å²) >= 11 is 0. The van der Waals surface area contributed by atoms with Gasteiger partial charge in [-0.15, -0.1) is 0 Å². The summed E-state index contributed by atoms with van der Waals surface area (Å²) in [5, 5.41) is 17.5. The van der Waals surface area contributed by atoms with Crippen molar-refractivity contribution in [3.05, 3.63) is 11.6 Å². The van der Waals surface area contributed by atoms with Crippen LogP contribution in [0.5, 0.6) is 0 Å². The van der Waals surface area contributed by atoms with Gasteiger partial charge in [0.15, 0.2) is 0 Å². The van der Waals surface area contributed by atoms with E-state index in [9.17, 15) is 9.59 Å². The molecule has 0 aromatic heterocycles. The molecule has 1 aliphatic rings. The van der Waals surface area contributed by atoms with Crippen molar-refractivity contribution in [1.29, 1.82) is 0 Å². The highest BCUT2D eigenvalue weighted by atomic mass is 16.4. The van der Waals surface area contributed by atoms with Crippen molar-refractivity contribution in [2.45, 2.75) is 32.1 Å².